The van der Waals surface area contributed by atoms with Crippen LogP contribution >= 0.6 is 0 Å². The molecule has 7 heteroatoms. The molecule has 0 aliphatic heterocycles. The van der Waals surface area contributed by atoms with Crippen molar-refractivity contribution in [3.8, 4) is 17.2 Å². The molecule has 0 heterocycles. The van der Waals surface area contributed by atoms with E-state index in [9.17, 15) is 13.5 Å². The third-order valence-electron chi connectivity index (χ3n) is 3.42. The Morgan fingerprint density at radius 2 is 1.67 bits per heavy atom. The van der Waals surface area contributed by atoms with Gasteiger partial charge in [0, 0.05) is 19.3 Å². The first-order valence-electron chi connectivity index (χ1n) is 6.46. The summed E-state index contributed by atoms with van der Waals surface area (Å²) in [4.78, 5) is 0. The molecule has 21 heavy (non-hydrogen) atoms. The van der Waals surface area contributed by atoms with E-state index in [4.69, 9.17) is 9.47 Å². The number of hydrogen-bond acceptors (Lipinski definition) is 6. The number of nitrogens with one attached hydrogen (secondary N) is 1. The lowest BCUT2D eigenvalue weighted by Crippen LogP contribution is -2.41. The zero-order valence-electron chi connectivity index (χ0n) is 13.1. The maximum atomic E-state index is 11.6. The molecule has 0 unspecified atom stereocenters. The predicted molar refractivity (Wildman–Crippen MR) is 81.8 cm³/mol. The topological polar surface area (TPSA) is 84.9 Å². The Balaban J connectivity index is 2.81. The molecule has 1 aromatic rings. The minimum absolute atomic E-state index is 0.0554. The minimum atomic E-state index is -3.14. The summed E-state index contributed by atoms with van der Waals surface area (Å²) < 4.78 is 32.6. The maximum Gasteiger partial charge on any atom is 0.200 e. The first-order valence-corrected chi connectivity index (χ1v) is 8.35. The number of phenols is 1. The Kier molecular flexibility index (Phi) is 5.47. The molecule has 0 fully saturated rings. The van der Waals surface area contributed by atoms with E-state index >= 15 is 0 Å². The number of ether oxygens (including phenoxy) is 2. The van der Waals surface area contributed by atoms with E-state index in [1.54, 1.807) is 26.0 Å². The van der Waals surface area contributed by atoms with E-state index in [1.165, 1.54) is 20.5 Å². The van der Waals surface area contributed by atoms with Gasteiger partial charge >= 0.3 is 0 Å². The second-order valence-electron chi connectivity index (χ2n) is 5.48. The molecular formula is C14H23NO5S. The zero-order chi connectivity index (χ0) is 16.3. The van der Waals surface area contributed by atoms with Gasteiger partial charge in [-0.05, 0) is 31.5 Å². The van der Waals surface area contributed by atoms with Crippen molar-refractivity contribution in [2.24, 2.45) is 0 Å². The van der Waals surface area contributed by atoms with Gasteiger partial charge in [-0.25, -0.2) is 8.42 Å². The average molecular weight is 317 g/mol. The Hall–Kier alpha value is -1.47. The van der Waals surface area contributed by atoms with Crippen LogP contribution in [0.5, 0.6) is 17.2 Å². The van der Waals surface area contributed by atoms with Gasteiger partial charge in [0.15, 0.2) is 21.3 Å². The number of sulfone groups is 1. The van der Waals surface area contributed by atoms with Crippen LogP contribution in [0.25, 0.3) is 0 Å². The molecule has 0 bridgehead atoms. The summed E-state index contributed by atoms with van der Waals surface area (Å²) >= 11 is 0. The SMILES string of the molecule is COc1cc(CNCC(C)(C)S(C)(=O)=O)cc(OC)c1O. The van der Waals surface area contributed by atoms with E-state index in [1.807, 2.05) is 0 Å². The quantitative estimate of drug-likeness (QED) is 0.789. The van der Waals surface area contributed by atoms with E-state index in [-0.39, 0.29) is 5.75 Å². The molecule has 0 aliphatic rings. The van der Waals surface area contributed by atoms with Crippen molar-refractivity contribution in [3.05, 3.63) is 17.7 Å². The molecule has 1 aromatic carbocycles. The van der Waals surface area contributed by atoms with Gasteiger partial charge in [0.25, 0.3) is 0 Å². The van der Waals surface area contributed by atoms with E-state index < -0.39 is 14.6 Å². The highest BCUT2D eigenvalue weighted by atomic mass is 32.2. The van der Waals surface area contributed by atoms with Crippen LogP contribution in [0.1, 0.15) is 19.4 Å². The van der Waals surface area contributed by atoms with Gasteiger partial charge in [0.2, 0.25) is 5.75 Å². The Morgan fingerprint density at radius 3 is 2.05 bits per heavy atom. The molecule has 2 N–H and O–H groups in total. The predicted octanol–water partition coefficient (Wildman–Crippen LogP) is 1.32. The van der Waals surface area contributed by atoms with Gasteiger partial charge in [-0.2, -0.15) is 0 Å². The Morgan fingerprint density at radius 1 is 1.19 bits per heavy atom. The smallest absolute Gasteiger partial charge is 0.200 e. The number of benzene rings is 1. The summed E-state index contributed by atoms with van der Waals surface area (Å²) in [5.74, 6) is 0.572. The first kappa shape index (κ1) is 17.6. The van der Waals surface area contributed by atoms with Crippen molar-refractivity contribution in [2.45, 2.75) is 25.1 Å². The van der Waals surface area contributed by atoms with Crippen LogP contribution in [0, 0.1) is 0 Å². The second kappa shape index (κ2) is 6.53. The minimum Gasteiger partial charge on any atom is -0.502 e. The molecule has 0 spiro atoms. The molecule has 0 aromatic heterocycles. The molecule has 0 radical (unpaired) electrons. The van der Waals surface area contributed by atoms with Crippen LogP contribution in [-0.4, -0.2) is 45.3 Å². The fraction of sp³-hybridized carbons (Fsp3) is 0.571. The average Bonchev–Trinajstić information content (AvgIpc) is 2.38. The largest absolute Gasteiger partial charge is 0.502 e. The fourth-order valence-corrected chi connectivity index (χ4v) is 2.05. The van der Waals surface area contributed by atoms with Crippen molar-refractivity contribution in [1.29, 1.82) is 0 Å². The van der Waals surface area contributed by atoms with Gasteiger partial charge in [0.05, 0.1) is 19.0 Å². The van der Waals surface area contributed by atoms with Crippen LogP contribution in [-0.2, 0) is 16.4 Å². The van der Waals surface area contributed by atoms with Crippen LogP contribution < -0.4 is 14.8 Å². The van der Waals surface area contributed by atoms with E-state index in [0.29, 0.717) is 24.6 Å². The van der Waals surface area contributed by atoms with Gasteiger partial charge < -0.3 is 19.9 Å². The molecule has 0 saturated heterocycles. The van der Waals surface area contributed by atoms with Gasteiger partial charge in [-0.15, -0.1) is 0 Å². The van der Waals surface area contributed by atoms with Crippen LogP contribution in [0.15, 0.2) is 12.1 Å². The highest BCUT2D eigenvalue weighted by Gasteiger charge is 2.29. The van der Waals surface area contributed by atoms with Crippen molar-refractivity contribution in [1.82, 2.24) is 5.32 Å². The van der Waals surface area contributed by atoms with Crippen molar-refractivity contribution < 1.29 is 23.0 Å². The highest BCUT2D eigenvalue weighted by molar-refractivity contribution is 7.92. The summed E-state index contributed by atoms with van der Waals surface area (Å²) in [6, 6.07) is 3.36. The summed E-state index contributed by atoms with van der Waals surface area (Å²) in [5.41, 5.74) is 0.825. The number of methoxy groups -OCH3 is 2. The molecule has 0 saturated carbocycles. The van der Waals surface area contributed by atoms with Crippen molar-refractivity contribution in [2.75, 3.05) is 27.0 Å². The first-order chi connectivity index (χ1) is 9.62. The summed E-state index contributed by atoms with van der Waals surface area (Å²) in [7, 11) is -0.227. The van der Waals surface area contributed by atoms with Crippen LogP contribution in [0.2, 0.25) is 0 Å². The zero-order valence-corrected chi connectivity index (χ0v) is 13.9. The number of phenolic OH excluding ortho intramolecular Hbond substituents is 1. The maximum absolute atomic E-state index is 11.6. The molecule has 0 amide bonds. The summed E-state index contributed by atoms with van der Waals surface area (Å²) in [6.45, 7) is 4.10. The second-order valence-corrected chi connectivity index (χ2v) is 8.13. The van der Waals surface area contributed by atoms with Gasteiger partial charge in [0.1, 0.15) is 0 Å². The molecule has 1 rings (SSSR count). The van der Waals surface area contributed by atoms with Gasteiger partial charge in [-0.1, -0.05) is 0 Å². The number of hydrogen-bond donors (Lipinski definition) is 2. The highest BCUT2D eigenvalue weighted by Crippen LogP contribution is 2.37. The van der Waals surface area contributed by atoms with E-state index in [0.717, 1.165) is 5.56 Å². The summed E-state index contributed by atoms with van der Waals surface area (Å²) in [5, 5.41) is 12.9. The van der Waals surface area contributed by atoms with Crippen LogP contribution in [0.3, 0.4) is 0 Å². The van der Waals surface area contributed by atoms with Crippen LogP contribution in [0.4, 0.5) is 0 Å². The summed E-state index contributed by atoms with van der Waals surface area (Å²) in [6.07, 6.45) is 1.22. The Labute approximate surface area is 126 Å². The van der Waals surface area contributed by atoms with Crippen molar-refractivity contribution in [3.63, 3.8) is 0 Å². The standard InChI is InChI=1S/C14H23NO5S/c1-14(2,21(5,17)18)9-15-8-10-6-11(19-3)13(16)12(7-10)20-4/h6-7,15-16H,8-9H2,1-5H3. The van der Waals surface area contributed by atoms with Gasteiger partial charge in [-0.3, -0.25) is 0 Å². The molecule has 0 atom stereocenters. The normalized spacial score (nSPS) is 12.2. The monoisotopic (exact) mass is 317 g/mol. The lowest BCUT2D eigenvalue weighted by Gasteiger charge is -2.23. The van der Waals surface area contributed by atoms with Crippen molar-refractivity contribution >= 4 is 9.84 Å². The third-order valence-corrected chi connectivity index (χ3v) is 5.58. The number of rotatable bonds is 7. The molecule has 6 nitrogen and oxygen atoms in total. The lowest BCUT2D eigenvalue weighted by molar-refractivity contribution is 0.339. The molecule has 0 aliphatic carbocycles. The fourth-order valence-electron chi connectivity index (χ4n) is 1.69. The molecule has 120 valence electrons. The number of aromatic hydroxyl groups is 1. The third kappa shape index (κ3) is 4.25. The Bertz CT molecular complexity index is 570. The van der Waals surface area contributed by atoms with E-state index in [2.05, 4.69) is 5.32 Å². The lowest BCUT2D eigenvalue weighted by atomic mass is 10.1. The molecular weight excluding hydrogens is 294 g/mol.